The lowest BCUT2D eigenvalue weighted by molar-refractivity contribution is -0.145. The van der Waals surface area contributed by atoms with Crippen LogP contribution < -0.4 is 10.9 Å². The second-order valence-corrected chi connectivity index (χ2v) is 6.45. The van der Waals surface area contributed by atoms with Gasteiger partial charge in [0.2, 0.25) is 0 Å². The number of ether oxygens (including phenoxy) is 2. The molecule has 0 aliphatic heterocycles. The third kappa shape index (κ3) is 5.40. The first-order valence-electron chi connectivity index (χ1n) is 8.48. The molecule has 8 heteroatoms. The molecule has 0 radical (unpaired) electrons. The smallest absolute Gasteiger partial charge is 0.355 e. The first-order valence-corrected chi connectivity index (χ1v) is 8.48. The maximum absolute atomic E-state index is 12.1. The van der Waals surface area contributed by atoms with Gasteiger partial charge in [-0.25, -0.2) is 9.59 Å². The van der Waals surface area contributed by atoms with Gasteiger partial charge in [0.05, 0.1) is 7.11 Å². The van der Waals surface area contributed by atoms with Gasteiger partial charge in [-0.2, -0.15) is 0 Å². The second-order valence-electron chi connectivity index (χ2n) is 6.45. The van der Waals surface area contributed by atoms with Crippen molar-refractivity contribution in [3.05, 3.63) is 46.4 Å². The van der Waals surface area contributed by atoms with Crippen LogP contribution in [0.15, 0.2) is 35.1 Å². The van der Waals surface area contributed by atoms with Crippen molar-refractivity contribution in [2.24, 2.45) is 5.92 Å². The van der Waals surface area contributed by atoms with Gasteiger partial charge in [-0.3, -0.25) is 9.59 Å². The molecule has 0 aliphatic carbocycles. The van der Waals surface area contributed by atoms with Crippen LogP contribution in [-0.2, 0) is 19.1 Å². The van der Waals surface area contributed by atoms with E-state index in [4.69, 9.17) is 4.74 Å². The highest BCUT2D eigenvalue weighted by Gasteiger charge is 2.23. The van der Waals surface area contributed by atoms with E-state index in [1.54, 1.807) is 24.3 Å². The molecule has 2 N–H and O–H groups in total. The summed E-state index contributed by atoms with van der Waals surface area (Å²) in [5.41, 5.74) is -0.481. The normalized spacial score (nSPS) is 11.9. The van der Waals surface area contributed by atoms with E-state index in [1.807, 2.05) is 13.8 Å². The molecule has 1 amide bonds. The van der Waals surface area contributed by atoms with E-state index in [2.05, 4.69) is 15.0 Å². The molecule has 2 rings (SSSR count). The number of hydrogen-bond acceptors (Lipinski definition) is 6. The zero-order valence-electron chi connectivity index (χ0n) is 15.4. The molecular formula is C19H22N2O6. The quantitative estimate of drug-likeness (QED) is 0.708. The minimum Gasteiger partial charge on any atom is -0.467 e. The van der Waals surface area contributed by atoms with Crippen LogP contribution in [0.2, 0.25) is 0 Å². The van der Waals surface area contributed by atoms with E-state index in [0.29, 0.717) is 17.2 Å². The average molecular weight is 374 g/mol. The number of methoxy groups -OCH3 is 1. The van der Waals surface area contributed by atoms with Crippen LogP contribution in [0.4, 0.5) is 0 Å². The fraction of sp³-hybridized carbons (Fsp3) is 0.368. The molecule has 1 atom stereocenters. The molecular weight excluding hydrogens is 352 g/mol. The number of aromatic nitrogens is 1. The van der Waals surface area contributed by atoms with Crippen molar-refractivity contribution in [1.82, 2.24) is 10.3 Å². The van der Waals surface area contributed by atoms with Crippen LogP contribution in [0.3, 0.4) is 0 Å². The molecule has 0 saturated heterocycles. The summed E-state index contributed by atoms with van der Waals surface area (Å²) in [7, 11) is 1.23. The van der Waals surface area contributed by atoms with Crippen LogP contribution in [0, 0.1) is 5.92 Å². The van der Waals surface area contributed by atoms with Crippen molar-refractivity contribution >= 4 is 28.6 Å². The number of rotatable bonds is 7. The van der Waals surface area contributed by atoms with Crippen LogP contribution >= 0.6 is 0 Å². The van der Waals surface area contributed by atoms with Gasteiger partial charge in [0.1, 0.15) is 11.7 Å². The number of aromatic amines is 1. The highest BCUT2D eigenvalue weighted by molar-refractivity contribution is 5.94. The molecule has 144 valence electrons. The van der Waals surface area contributed by atoms with Crippen molar-refractivity contribution in [2.75, 3.05) is 13.7 Å². The minimum atomic E-state index is -0.841. The van der Waals surface area contributed by atoms with Crippen LogP contribution in [0.25, 0.3) is 10.8 Å². The Balaban J connectivity index is 2.01. The molecule has 27 heavy (non-hydrogen) atoms. The number of pyridine rings is 1. The van der Waals surface area contributed by atoms with E-state index in [0.717, 1.165) is 0 Å². The van der Waals surface area contributed by atoms with Gasteiger partial charge in [0.15, 0.2) is 6.61 Å². The van der Waals surface area contributed by atoms with Gasteiger partial charge in [-0.1, -0.05) is 32.0 Å². The summed E-state index contributed by atoms with van der Waals surface area (Å²) in [6, 6.07) is 7.45. The average Bonchev–Trinajstić information content (AvgIpc) is 2.64. The second kappa shape index (κ2) is 8.98. The zero-order valence-corrected chi connectivity index (χ0v) is 15.4. The summed E-state index contributed by atoms with van der Waals surface area (Å²) >= 11 is 0. The van der Waals surface area contributed by atoms with Gasteiger partial charge in [-0.15, -0.1) is 0 Å². The van der Waals surface area contributed by atoms with E-state index in [9.17, 15) is 19.2 Å². The Bertz CT molecular complexity index is 902. The highest BCUT2D eigenvalue weighted by Crippen LogP contribution is 2.10. The van der Waals surface area contributed by atoms with Gasteiger partial charge < -0.3 is 19.8 Å². The fourth-order valence-electron chi connectivity index (χ4n) is 2.59. The molecule has 1 heterocycles. The van der Waals surface area contributed by atoms with Crippen LogP contribution in [-0.4, -0.2) is 42.6 Å². The molecule has 1 aromatic heterocycles. The van der Waals surface area contributed by atoms with Crippen molar-refractivity contribution in [3.8, 4) is 0 Å². The molecule has 0 fully saturated rings. The Labute approximate surface area is 155 Å². The molecule has 1 aromatic carbocycles. The van der Waals surface area contributed by atoms with Gasteiger partial charge in [-0.05, 0) is 29.9 Å². The molecule has 0 bridgehead atoms. The Morgan fingerprint density at radius 2 is 1.89 bits per heavy atom. The fourth-order valence-corrected chi connectivity index (χ4v) is 2.59. The summed E-state index contributed by atoms with van der Waals surface area (Å²) < 4.78 is 9.60. The van der Waals surface area contributed by atoms with E-state index < -0.39 is 36.1 Å². The van der Waals surface area contributed by atoms with Crippen molar-refractivity contribution in [2.45, 2.75) is 26.3 Å². The molecule has 2 aromatic rings. The Morgan fingerprint density at radius 1 is 1.19 bits per heavy atom. The zero-order chi connectivity index (χ0) is 20.0. The van der Waals surface area contributed by atoms with Gasteiger partial charge >= 0.3 is 11.9 Å². The standard InChI is InChI=1S/C19H22N2O6/c1-11(2)8-14(18(24)26-3)20-16(22)10-27-19(25)15-9-12-6-4-5-7-13(12)17(23)21-15/h4-7,9,11,14H,8,10H2,1-3H3,(H,20,22)(H,21,23)/t14-/m1/s1. The van der Waals surface area contributed by atoms with Crippen LogP contribution in [0.5, 0.6) is 0 Å². The van der Waals surface area contributed by atoms with Crippen molar-refractivity contribution < 1.29 is 23.9 Å². The van der Waals surface area contributed by atoms with Crippen molar-refractivity contribution in [3.63, 3.8) is 0 Å². The molecule has 0 spiro atoms. The predicted molar refractivity (Wildman–Crippen MR) is 98.3 cm³/mol. The number of carbonyl (C=O) groups is 3. The number of benzene rings is 1. The topological polar surface area (TPSA) is 115 Å². The third-order valence-electron chi connectivity index (χ3n) is 3.84. The third-order valence-corrected chi connectivity index (χ3v) is 3.84. The summed E-state index contributed by atoms with van der Waals surface area (Å²) in [6.45, 7) is 3.22. The highest BCUT2D eigenvalue weighted by atomic mass is 16.5. The number of fused-ring (bicyclic) bond motifs is 1. The number of hydrogen-bond donors (Lipinski definition) is 2. The Kier molecular flexibility index (Phi) is 6.70. The lowest BCUT2D eigenvalue weighted by atomic mass is 10.0. The Morgan fingerprint density at radius 3 is 2.56 bits per heavy atom. The summed E-state index contributed by atoms with van der Waals surface area (Å²) in [4.78, 5) is 50.3. The maximum Gasteiger partial charge on any atom is 0.355 e. The lowest BCUT2D eigenvalue weighted by Crippen LogP contribution is -2.44. The Hall–Kier alpha value is -3.16. The van der Waals surface area contributed by atoms with Gasteiger partial charge in [0.25, 0.3) is 11.5 Å². The first-order chi connectivity index (χ1) is 12.8. The van der Waals surface area contributed by atoms with Crippen LogP contribution in [0.1, 0.15) is 30.8 Å². The number of H-pyrrole nitrogens is 1. The molecule has 0 saturated carbocycles. The monoisotopic (exact) mass is 374 g/mol. The number of amides is 1. The van der Waals surface area contributed by atoms with E-state index in [-0.39, 0.29) is 11.6 Å². The van der Waals surface area contributed by atoms with E-state index in [1.165, 1.54) is 13.2 Å². The SMILES string of the molecule is COC(=O)[C@@H](CC(C)C)NC(=O)COC(=O)c1cc2ccccc2c(=O)[nH]1. The summed E-state index contributed by atoms with van der Waals surface area (Å²) in [5.74, 6) is -1.89. The number of carbonyl (C=O) groups excluding carboxylic acids is 3. The molecule has 0 aliphatic rings. The maximum atomic E-state index is 12.1. The molecule has 8 nitrogen and oxygen atoms in total. The van der Waals surface area contributed by atoms with Crippen molar-refractivity contribution in [1.29, 1.82) is 0 Å². The first kappa shape index (κ1) is 20.2. The van der Waals surface area contributed by atoms with Gasteiger partial charge in [0, 0.05) is 5.39 Å². The lowest BCUT2D eigenvalue weighted by Gasteiger charge is -2.18. The van der Waals surface area contributed by atoms with E-state index >= 15 is 0 Å². The minimum absolute atomic E-state index is 0.0572. The largest absolute Gasteiger partial charge is 0.467 e. The molecule has 0 unspecified atom stereocenters. The summed E-state index contributed by atoms with van der Waals surface area (Å²) in [5, 5.41) is 3.51. The predicted octanol–water partition coefficient (Wildman–Crippen LogP) is 1.39. The number of nitrogens with one attached hydrogen (secondary N) is 2. The number of esters is 2. The summed E-state index contributed by atoms with van der Waals surface area (Å²) in [6.07, 6.45) is 0.393.